The van der Waals surface area contributed by atoms with Crippen LogP contribution in [0.4, 0.5) is 0 Å². The number of aryl methyl sites for hydroxylation is 1. The van der Waals surface area contributed by atoms with E-state index in [0.29, 0.717) is 0 Å². The van der Waals surface area contributed by atoms with Gasteiger partial charge in [0.2, 0.25) is 0 Å². The third-order valence-electron chi connectivity index (χ3n) is 3.35. The number of pyridine rings is 1. The number of hydrogen-bond acceptors (Lipinski definition) is 4. The minimum atomic E-state index is -0.0944. The molecule has 0 spiro atoms. The lowest BCUT2D eigenvalue weighted by atomic mass is 10.0. The van der Waals surface area contributed by atoms with Gasteiger partial charge in [0.15, 0.2) is 5.75 Å². The van der Waals surface area contributed by atoms with Crippen LogP contribution in [0.3, 0.4) is 0 Å². The van der Waals surface area contributed by atoms with Gasteiger partial charge in [-0.3, -0.25) is 9.67 Å². The average Bonchev–Trinajstić information content (AvgIpc) is 2.90. The van der Waals surface area contributed by atoms with Gasteiger partial charge < -0.3 is 10.5 Å². The lowest BCUT2D eigenvalue weighted by Gasteiger charge is -2.18. The molecule has 2 aromatic rings. The number of ether oxygens (including phenoxy) is 1. The number of nitrogens with two attached hydrogens (primary N) is 1. The van der Waals surface area contributed by atoms with Crippen molar-refractivity contribution in [3.63, 3.8) is 0 Å². The molecule has 0 amide bonds. The Morgan fingerprint density at radius 2 is 2.00 bits per heavy atom. The van der Waals surface area contributed by atoms with Crippen LogP contribution in [0, 0.1) is 0 Å². The Bertz CT molecular complexity index is 536. The summed E-state index contributed by atoms with van der Waals surface area (Å²) in [6.07, 6.45) is 7.11. The van der Waals surface area contributed by atoms with Crippen molar-refractivity contribution in [2.45, 2.75) is 38.8 Å². The molecular weight excluding hydrogens is 252 g/mol. The molecule has 1 unspecified atom stereocenters. The molecule has 1 atom stereocenters. The standard InChI is InChI=1S/C15H22N4O/c1-11(2)19-15(14(20-3)10-18-19)13(16)5-4-12-6-8-17-9-7-12/h6-11,13H,4-5,16H2,1-3H3. The molecule has 0 aliphatic heterocycles. The molecule has 2 N–H and O–H groups in total. The zero-order chi connectivity index (χ0) is 14.5. The average molecular weight is 274 g/mol. The van der Waals surface area contributed by atoms with Gasteiger partial charge in [0.1, 0.15) is 0 Å². The van der Waals surface area contributed by atoms with Crippen molar-refractivity contribution in [3.8, 4) is 5.75 Å². The Hall–Kier alpha value is -1.88. The summed E-state index contributed by atoms with van der Waals surface area (Å²) >= 11 is 0. The summed E-state index contributed by atoms with van der Waals surface area (Å²) in [6, 6.07) is 4.21. The summed E-state index contributed by atoms with van der Waals surface area (Å²) in [5, 5.41) is 4.36. The van der Waals surface area contributed by atoms with Gasteiger partial charge in [-0.1, -0.05) is 0 Å². The molecule has 0 aliphatic rings. The monoisotopic (exact) mass is 274 g/mol. The molecule has 2 heterocycles. The van der Waals surface area contributed by atoms with Crippen LogP contribution in [0.5, 0.6) is 5.75 Å². The highest BCUT2D eigenvalue weighted by molar-refractivity contribution is 5.28. The molecule has 0 saturated heterocycles. The van der Waals surface area contributed by atoms with Gasteiger partial charge in [0.05, 0.1) is 25.0 Å². The normalized spacial score (nSPS) is 12.7. The van der Waals surface area contributed by atoms with Gasteiger partial charge in [-0.25, -0.2) is 0 Å². The molecule has 2 rings (SSSR count). The van der Waals surface area contributed by atoms with Gasteiger partial charge in [0.25, 0.3) is 0 Å². The highest BCUT2D eigenvalue weighted by Crippen LogP contribution is 2.28. The highest BCUT2D eigenvalue weighted by atomic mass is 16.5. The summed E-state index contributed by atoms with van der Waals surface area (Å²) in [5.74, 6) is 0.765. The van der Waals surface area contributed by atoms with E-state index in [9.17, 15) is 0 Å². The van der Waals surface area contributed by atoms with E-state index in [2.05, 4.69) is 23.9 Å². The van der Waals surface area contributed by atoms with Crippen molar-refractivity contribution in [2.24, 2.45) is 5.73 Å². The number of nitrogens with zero attached hydrogens (tertiary/aromatic N) is 3. The maximum atomic E-state index is 6.35. The minimum Gasteiger partial charge on any atom is -0.493 e. The number of aromatic nitrogens is 3. The van der Waals surface area contributed by atoms with Gasteiger partial charge in [-0.15, -0.1) is 0 Å². The van der Waals surface area contributed by atoms with E-state index >= 15 is 0 Å². The number of methoxy groups -OCH3 is 1. The van der Waals surface area contributed by atoms with Crippen LogP contribution >= 0.6 is 0 Å². The summed E-state index contributed by atoms with van der Waals surface area (Å²) in [5.41, 5.74) is 8.56. The molecular formula is C15H22N4O. The fraction of sp³-hybridized carbons (Fsp3) is 0.467. The molecule has 2 aromatic heterocycles. The predicted molar refractivity (Wildman–Crippen MR) is 78.7 cm³/mol. The first-order chi connectivity index (χ1) is 9.63. The van der Waals surface area contributed by atoms with Crippen molar-refractivity contribution >= 4 is 0 Å². The summed E-state index contributed by atoms with van der Waals surface area (Å²) in [4.78, 5) is 4.02. The van der Waals surface area contributed by atoms with Gasteiger partial charge in [-0.2, -0.15) is 5.10 Å². The smallest absolute Gasteiger partial charge is 0.161 e. The Morgan fingerprint density at radius 1 is 1.30 bits per heavy atom. The van der Waals surface area contributed by atoms with E-state index in [1.807, 2.05) is 16.8 Å². The second kappa shape index (κ2) is 6.52. The Labute approximate surface area is 119 Å². The topological polar surface area (TPSA) is 66.0 Å². The molecule has 0 bridgehead atoms. The zero-order valence-electron chi connectivity index (χ0n) is 12.3. The SMILES string of the molecule is COc1cnn(C(C)C)c1C(N)CCc1ccncc1. The summed E-state index contributed by atoms with van der Waals surface area (Å²) < 4.78 is 7.32. The predicted octanol–water partition coefficient (Wildman–Crippen LogP) is 2.50. The van der Waals surface area contributed by atoms with E-state index in [4.69, 9.17) is 10.5 Å². The molecule has 0 saturated carbocycles. The zero-order valence-corrected chi connectivity index (χ0v) is 12.3. The molecule has 5 nitrogen and oxygen atoms in total. The van der Waals surface area contributed by atoms with Crippen LogP contribution in [-0.4, -0.2) is 21.9 Å². The minimum absolute atomic E-state index is 0.0944. The first-order valence-electron chi connectivity index (χ1n) is 6.89. The van der Waals surface area contributed by atoms with Crippen molar-refractivity contribution in [1.82, 2.24) is 14.8 Å². The van der Waals surface area contributed by atoms with Crippen LogP contribution in [-0.2, 0) is 6.42 Å². The lowest BCUT2D eigenvalue weighted by molar-refractivity contribution is 0.394. The molecule has 108 valence electrons. The maximum Gasteiger partial charge on any atom is 0.161 e. The highest BCUT2D eigenvalue weighted by Gasteiger charge is 2.20. The molecule has 5 heteroatoms. The summed E-state index contributed by atoms with van der Waals surface area (Å²) in [6.45, 7) is 4.18. The van der Waals surface area contributed by atoms with E-state index in [-0.39, 0.29) is 12.1 Å². The molecule has 0 radical (unpaired) electrons. The van der Waals surface area contributed by atoms with Gasteiger partial charge in [0, 0.05) is 18.4 Å². The van der Waals surface area contributed by atoms with Crippen LogP contribution in [0.2, 0.25) is 0 Å². The first kappa shape index (κ1) is 14.5. The van der Waals surface area contributed by atoms with Gasteiger partial charge >= 0.3 is 0 Å². The third kappa shape index (κ3) is 3.17. The van der Waals surface area contributed by atoms with Crippen molar-refractivity contribution in [3.05, 3.63) is 42.0 Å². The second-order valence-corrected chi connectivity index (χ2v) is 5.14. The Kier molecular flexibility index (Phi) is 4.74. The first-order valence-corrected chi connectivity index (χ1v) is 6.89. The van der Waals surface area contributed by atoms with Crippen molar-refractivity contribution < 1.29 is 4.74 Å². The molecule has 0 fully saturated rings. The van der Waals surface area contributed by atoms with Crippen LogP contribution in [0.1, 0.15) is 43.6 Å². The fourth-order valence-electron chi connectivity index (χ4n) is 2.29. The number of hydrogen-bond donors (Lipinski definition) is 1. The maximum absolute atomic E-state index is 6.35. The van der Waals surface area contributed by atoms with Crippen LogP contribution < -0.4 is 10.5 Å². The van der Waals surface area contributed by atoms with Crippen molar-refractivity contribution in [1.29, 1.82) is 0 Å². The van der Waals surface area contributed by atoms with Crippen LogP contribution in [0.25, 0.3) is 0 Å². The summed E-state index contributed by atoms with van der Waals surface area (Å²) in [7, 11) is 1.65. The van der Waals surface area contributed by atoms with Crippen LogP contribution in [0.15, 0.2) is 30.7 Å². The number of rotatable bonds is 6. The van der Waals surface area contributed by atoms with E-state index in [0.717, 1.165) is 24.3 Å². The third-order valence-corrected chi connectivity index (χ3v) is 3.35. The van der Waals surface area contributed by atoms with Gasteiger partial charge in [-0.05, 0) is 44.4 Å². The Balaban J connectivity index is 2.12. The van der Waals surface area contributed by atoms with Crippen molar-refractivity contribution in [2.75, 3.05) is 7.11 Å². The largest absolute Gasteiger partial charge is 0.493 e. The molecule has 0 aliphatic carbocycles. The van der Waals surface area contributed by atoms with E-state index in [1.54, 1.807) is 25.7 Å². The quantitative estimate of drug-likeness (QED) is 0.879. The molecule has 20 heavy (non-hydrogen) atoms. The lowest BCUT2D eigenvalue weighted by Crippen LogP contribution is -2.19. The fourth-order valence-corrected chi connectivity index (χ4v) is 2.29. The van der Waals surface area contributed by atoms with E-state index in [1.165, 1.54) is 5.56 Å². The Morgan fingerprint density at radius 3 is 2.60 bits per heavy atom. The molecule has 0 aromatic carbocycles. The van der Waals surface area contributed by atoms with E-state index < -0.39 is 0 Å². The second-order valence-electron chi connectivity index (χ2n) is 5.14.